The molecule has 26 heavy (non-hydrogen) atoms. The van der Waals surface area contributed by atoms with Crippen LogP contribution in [0, 0.1) is 6.92 Å². The Kier molecular flexibility index (Phi) is 6.08. The molecular formula is C18H17N5OS2. The van der Waals surface area contributed by atoms with Gasteiger partial charge in [-0.2, -0.15) is 5.10 Å². The third-order valence-electron chi connectivity index (χ3n) is 3.49. The zero-order chi connectivity index (χ0) is 18.4. The number of rotatable bonds is 6. The van der Waals surface area contributed by atoms with E-state index < -0.39 is 0 Å². The van der Waals surface area contributed by atoms with Crippen molar-refractivity contribution >= 4 is 34.7 Å². The molecule has 0 fully saturated rings. The van der Waals surface area contributed by atoms with Crippen LogP contribution in [0.5, 0.6) is 0 Å². The first-order valence-electron chi connectivity index (χ1n) is 7.88. The van der Waals surface area contributed by atoms with Gasteiger partial charge in [-0.25, -0.2) is 5.43 Å². The van der Waals surface area contributed by atoms with Crippen LogP contribution in [0.3, 0.4) is 0 Å². The Morgan fingerprint density at radius 3 is 2.65 bits per heavy atom. The fourth-order valence-corrected chi connectivity index (χ4v) is 3.85. The summed E-state index contributed by atoms with van der Waals surface area (Å²) >= 11 is 3.22. The van der Waals surface area contributed by atoms with E-state index in [4.69, 9.17) is 0 Å². The van der Waals surface area contributed by atoms with E-state index in [1.165, 1.54) is 0 Å². The summed E-state index contributed by atoms with van der Waals surface area (Å²) in [6, 6.07) is 11.2. The molecule has 1 aromatic carbocycles. The van der Waals surface area contributed by atoms with Crippen LogP contribution in [0.1, 0.15) is 33.4 Å². The maximum absolute atomic E-state index is 12.2. The number of hydrogen-bond acceptors (Lipinski definition) is 7. The SMILES string of the molecule is C/C(=N\NC(=O)c1ccc(CSc2nnc(C)s2)cc1)c1cccnc1. The first kappa shape index (κ1) is 18.2. The van der Waals surface area contributed by atoms with Gasteiger partial charge in [0.15, 0.2) is 4.34 Å². The first-order chi connectivity index (χ1) is 12.6. The number of nitrogens with one attached hydrogen (secondary N) is 1. The maximum atomic E-state index is 12.2. The molecule has 6 nitrogen and oxygen atoms in total. The number of pyridine rings is 1. The third kappa shape index (κ3) is 4.96. The van der Waals surface area contributed by atoms with Crippen molar-refractivity contribution in [2.24, 2.45) is 5.10 Å². The van der Waals surface area contributed by atoms with Crippen LogP contribution in [0.25, 0.3) is 0 Å². The van der Waals surface area contributed by atoms with Gasteiger partial charge >= 0.3 is 0 Å². The Morgan fingerprint density at radius 2 is 2.00 bits per heavy atom. The number of aryl methyl sites for hydroxylation is 1. The molecule has 0 atom stereocenters. The van der Waals surface area contributed by atoms with Crippen LogP contribution in [0.2, 0.25) is 0 Å². The Morgan fingerprint density at radius 1 is 1.19 bits per heavy atom. The fraction of sp³-hybridized carbons (Fsp3) is 0.167. The number of thioether (sulfide) groups is 1. The van der Waals surface area contributed by atoms with Gasteiger partial charge in [0.25, 0.3) is 5.91 Å². The average Bonchev–Trinajstić information content (AvgIpc) is 3.10. The standard InChI is InChI=1S/C18H17N5OS2/c1-12(16-4-3-9-19-10-16)20-22-17(24)15-7-5-14(6-8-15)11-25-18-23-21-13(2)26-18/h3-10H,11H2,1-2H3,(H,22,24)/b20-12+. The average molecular weight is 384 g/mol. The molecule has 0 saturated heterocycles. The van der Waals surface area contributed by atoms with Gasteiger partial charge in [-0.05, 0) is 37.6 Å². The van der Waals surface area contributed by atoms with Crippen molar-refractivity contribution in [2.45, 2.75) is 23.9 Å². The lowest BCUT2D eigenvalue weighted by molar-refractivity contribution is 0.0955. The Bertz CT molecular complexity index is 907. The molecule has 1 N–H and O–H groups in total. The van der Waals surface area contributed by atoms with E-state index in [0.717, 1.165) is 26.2 Å². The van der Waals surface area contributed by atoms with Crippen LogP contribution < -0.4 is 5.43 Å². The van der Waals surface area contributed by atoms with Crippen LogP contribution in [-0.4, -0.2) is 26.8 Å². The highest BCUT2D eigenvalue weighted by atomic mass is 32.2. The summed E-state index contributed by atoms with van der Waals surface area (Å²) in [5, 5.41) is 13.2. The van der Waals surface area contributed by atoms with E-state index in [9.17, 15) is 4.79 Å². The van der Waals surface area contributed by atoms with E-state index >= 15 is 0 Å². The van der Waals surface area contributed by atoms with Crippen molar-refractivity contribution < 1.29 is 4.79 Å². The topological polar surface area (TPSA) is 80.1 Å². The first-order valence-corrected chi connectivity index (χ1v) is 9.69. The molecule has 0 spiro atoms. The fourth-order valence-electron chi connectivity index (χ4n) is 2.07. The molecule has 2 aromatic heterocycles. The molecule has 1 amide bonds. The van der Waals surface area contributed by atoms with Crippen LogP contribution >= 0.6 is 23.1 Å². The molecular weight excluding hydrogens is 366 g/mol. The number of amides is 1. The zero-order valence-electron chi connectivity index (χ0n) is 14.3. The lowest BCUT2D eigenvalue weighted by atomic mass is 10.1. The molecule has 3 aromatic rings. The molecule has 0 aliphatic heterocycles. The van der Waals surface area contributed by atoms with Crippen molar-refractivity contribution in [1.82, 2.24) is 20.6 Å². The summed E-state index contributed by atoms with van der Waals surface area (Å²) < 4.78 is 0.949. The van der Waals surface area contributed by atoms with Crippen molar-refractivity contribution in [1.29, 1.82) is 0 Å². The number of carbonyl (C=O) groups is 1. The summed E-state index contributed by atoms with van der Waals surface area (Å²) in [7, 11) is 0. The van der Waals surface area contributed by atoms with Crippen LogP contribution in [0.4, 0.5) is 0 Å². The molecule has 2 heterocycles. The van der Waals surface area contributed by atoms with Crippen molar-refractivity contribution in [3.8, 4) is 0 Å². The van der Waals surface area contributed by atoms with E-state index in [1.54, 1.807) is 47.6 Å². The predicted molar refractivity (Wildman–Crippen MR) is 105 cm³/mol. The number of aromatic nitrogens is 3. The summed E-state index contributed by atoms with van der Waals surface area (Å²) in [6.45, 7) is 3.76. The van der Waals surface area contributed by atoms with Gasteiger partial charge in [-0.1, -0.05) is 41.3 Å². The monoisotopic (exact) mass is 383 g/mol. The van der Waals surface area contributed by atoms with Gasteiger partial charge in [0.1, 0.15) is 5.01 Å². The van der Waals surface area contributed by atoms with E-state index in [0.29, 0.717) is 11.3 Å². The quantitative estimate of drug-likeness (QED) is 0.399. The highest BCUT2D eigenvalue weighted by Gasteiger charge is 2.06. The van der Waals surface area contributed by atoms with Gasteiger partial charge in [0.2, 0.25) is 0 Å². The van der Waals surface area contributed by atoms with Gasteiger partial charge in [-0.3, -0.25) is 9.78 Å². The normalized spacial score (nSPS) is 11.4. The molecule has 0 saturated carbocycles. The lowest BCUT2D eigenvalue weighted by Gasteiger charge is -2.04. The van der Waals surface area contributed by atoms with E-state index in [-0.39, 0.29) is 5.91 Å². The predicted octanol–water partition coefficient (Wildman–Crippen LogP) is 3.69. The molecule has 0 aliphatic carbocycles. The molecule has 0 radical (unpaired) electrons. The maximum Gasteiger partial charge on any atom is 0.271 e. The van der Waals surface area contributed by atoms with Crippen LogP contribution in [-0.2, 0) is 5.75 Å². The van der Waals surface area contributed by atoms with Crippen molar-refractivity contribution in [2.75, 3.05) is 0 Å². The smallest absolute Gasteiger partial charge is 0.267 e. The number of nitrogens with zero attached hydrogens (tertiary/aromatic N) is 4. The lowest BCUT2D eigenvalue weighted by Crippen LogP contribution is -2.19. The van der Waals surface area contributed by atoms with Crippen molar-refractivity contribution in [3.05, 3.63) is 70.5 Å². The second kappa shape index (κ2) is 8.68. The summed E-state index contributed by atoms with van der Waals surface area (Å²) in [4.78, 5) is 16.3. The highest BCUT2D eigenvalue weighted by Crippen LogP contribution is 2.25. The minimum absolute atomic E-state index is 0.243. The minimum Gasteiger partial charge on any atom is -0.267 e. The molecule has 132 valence electrons. The molecule has 0 unspecified atom stereocenters. The zero-order valence-corrected chi connectivity index (χ0v) is 16.0. The molecule has 8 heteroatoms. The van der Waals surface area contributed by atoms with Crippen molar-refractivity contribution in [3.63, 3.8) is 0 Å². The molecule has 0 aliphatic rings. The van der Waals surface area contributed by atoms with E-state index in [1.807, 2.05) is 38.1 Å². The van der Waals surface area contributed by atoms with Gasteiger partial charge in [-0.15, -0.1) is 10.2 Å². The van der Waals surface area contributed by atoms with E-state index in [2.05, 4.69) is 25.7 Å². The molecule has 0 bridgehead atoms. The van der Waals surface area contributed by atoms with Crippen LogP contribution in [0.15, 0.2) is 58.2 Å². The van der Waals surface area contributed by atoms with Gasteiger partial charge in [0.05, 0.1) is 5.71 Å². The second-order valence-electron chi connectivity index (χ2n) is 5.45. The minimum atomic E-state index is -0.243. The molecule has 3 rings (SSSR count). The third-order valence-corrected chi connectivity index (χ3v) is 5.53. The summed E-state index contributed by atoms with van der Waals surface area (Å²) in [5.74, 6) is 0.543. The number of hydrogen-bond donors (Lipinski definition) is 1. The highest BCUT2D eigenvalue weighted by molar-refractivity contribution is 8.00. The summed E-state index contributed by atoms with van der Waals surface area (Å²) in [5.41, 5.74) is 5.83. The Labute approximate surface area is 159 Å². The number of carbonyl (C=O) groups excluding carboxylic acids is 1. The largest absolute Gasteiger partial charge is 0.271 e. The van der Waals surface area contributed by atoms with Gasteiger partial charge < -0.3 is 0 Å². The van der Waals surface area contributed by atoms with Gasteiger partial charge in [0, 0.05) is 29.3 Å². The summed E-state index contributed by atoms with van der Waals surface area (Å²) in [6.07, 6.45) is 3.40. The number of hydrazone groups is 1. The number of benzene rings is 1. The Hall–Kier alpha value is -2.58. The Balaban J connectivity index is 1.56. The second-order valence-corrected chi connectivity index (χ2v) is 7.86.